The number of nitrogens with zero attached hydrogens (tertiary/aromatic N) is 1. The molecule has 1 aliphatic rings. The normalized spacial score (nSPS) is 16.1. The van der Waals surface area contributed by atoms with E-state index in [2.05, 4.69) is 6.07 Å². The van der Waals surface area contributed by atoms with Crippen molar-refractivity contribution < 1.29 is 14.3 Å². The molecule has 3 rings (SSSR count). The average molecular weight is 430 g/mol. The molecule has 1 fully saturated rings. The van der Waals surface area contributed by atoms with Gasteiger partial charge in [0.2, 0.25) is 6.10 Å². The number of rotatable bonds is 8. The number of carbonyl (C=O) groups is 1. The predicted octanol–water partition coefficient (Wildman–Crippen LogP) is 6.57. The van der Waals surface area contributed by atoms with Crippen LogP contribution >= 0.6 is 23.2 Å². The van der Waals surface area contributed by atoms with E-state index >= 15 is 0 Å². The maximum atomic E-state index is 12.8. The van der Waals surface area contributed by atoms with Crippen molar-refractivity contribution in [3.8, 4) is 17.6 Å². The minimum Gasteiger partial charge on any atom is -0.457 e. The van der Waals surface area contributed by atoms with E-state index in [4.69, 9.17) is 32.7 Å². The van der Waals surface area contributed by atoms with E-state index < -0.39 is 12.1 Å². The summed E-state index contributed by atoms with van der Waals surface area (Å²) >= 11 is 11.5. The third-order valence-electron chi connectivity index (χ3n) is 4.85. The van der Waals surface area contributed by atoms with Crippen LogP contribution in [0.2, 0.25) is 0 Å². The molecule has 2 aromatic carbocycles. The van der Waals surface area contributed by atoms with Gasteiger partial charge in [0.05, 0.1) is 5.92 Å². The minimum atomic E-state index is -1.02. The number of para-hydroxylation sites is 1. The van der Waals surface area contributed by atoms with E-state index in [1.165, 1.54) is 0 Å². The first kappa shape index (κ1) is 21.2. The van der Waals surface area contributed by atoms with E-state index in [1.54, 1.807) is 30.3 Å². The molecule has 0 heterocycles. The minimum absolute atomic E-state index is 0.124. The first-order chi connectivity index (χ1) is 14.0. The Morgan fingerprint density at radius 1 is 1.14 bits per heavy atom. The van der Waals surface area contributed by atoms with Crippen molar-refractivity contribution in [1.29, 1.82) is 5.26 Å². The Balaban J connectivity index is 1.74. The highest BCUT2D eigenvalue weighted by Crippen LogP contribution is 2.43. The van der Waals surface area contributed by atoms with Crippen LogP contribution in [0.15, 0.2) is 65.2 Å². The summed E-state index contributed by atoms with van der Waals surface area (Å²) < 4.78 is 11.5. The fraction of sp³-hybridized carbons (Fsp3) is 0.304. The summed E-state index contributed by atoms with van der Waals surface area (Å²) in [7, 11) is 0. The molecular weight excluding hydrogens is 409 g/mol. The fourth-order valence-corrected chi connectivity index (χ4v) is 3.72. The average Bonchev–Trinajstić information content (AvgIpc) is 3.51. The number of allylic oxidation sites excluding steroid dienone is 1. The van der Waals surface area contributed by atoms with Gasteiger partial charge in [-0.15, -0.1) is 0 Å². The van der Waals surface area contributed by atoms with Gasteiger partial charge >= 0.3 is 5.97 Å². The lowest BCUT2D eigenvalue weighted by Crippen LogP contribution is -2.26. The number of ether oxygens (including phenoxy) is 2. The molecule has 6 heteroatoms. The van der Waals surface area contributed by atoms with Gasteiger partial charge in [-0.05, 0) is 48.9 Å². The highest BCUT2D eigenvalue weighted by molar-refractivity contribution is 6.55. The molecule has 0 saturated heterocycles. The zero-order valence-electron chi connectivity index (χ0n) is 15.9. The van der Waals surface area contributed by atoms with E-state index in [0.717, 1.165) is 12.8 Å². The molecule has 3 atom stereocenters. The summed E-state index contributed by atoms with van der Waals surface area (Å²) in [6, 6.07) is 18.4. The van der Waals surface area contributed by atoms with Crippen LogP contribution in [-0.2, 0) is 9.53 Å². The van der Waals surface area contributed by atoms with Gasteiger partial charge in [-0.25, -0.2) is 0 Å². The van der Waals surface area contributed by atoms with Crippen LogP contribution in [0.4, 0.5) is 0 Å². The maximum Gasteiger partial charge on any atom is 0.311 e. The number of halogens is 2. The first-order valence-corrected chi connectivity index (χ1v) is 10.2. The summed E-state index contributed by atoms with van der Waals surface area (Å²) in [5.41, 5.74) is 0.558. The van der Waals surface area contributed by atoms with Crippen molar-refractivity contribution >= 4 is 29.2 Å². The first-order valence-electron chi connectivity index (χ1n) is 9.43. The van der Waals surface area contributed by atoms with Crippen molar-refractivity contribution in [2.75, 3.05) is 0 Å². The van der Waals surface area contributed by atoms with Crippen LogP contribution in [-0.4, -0.2) is 5.97 Å². The lowest BCUT2D eigenvalue weighted by molar-refractivity contribution is -0.154. The van der Waals surface area contributed by atoms with Crippen molar-refractivity contribution in [3.63, 3.8) is 0 Å². The molecule has 0 radical (unpaired) electrons. The van der Waals surface area contributed by atoms with Gasteiger partial charge in [0.15, 0.2) is 0 Å². The summed E-state index contributed by atoms with van der Waals surface area (Å²) in [6.07, 6.45) is 2.53. The second-order valence-electron chi connectivity index (χ2n) is 7.11. The zero-order chi connectivity index (χ0) is 20.8. The summed E-state index contributed by atoms with van der Waals surface area (Å²) in [6.45, 7) is 1.88. The van der Waals surface area contributed by atoms with Gasteiger partial charge in [-0.3, -0.25) is 4.79 Å². The third kappa shape index (κ3) is 6.00. The molecule has 0 aliphatic heterocycles. The van der Waals surface area contributed by atoms with E-state index in [-0.39, 0.29) is 22.2 Å². The summed E-state index contributed by atoms with van der Waals surface area (Å²) in [5, 5.41) is 9.61. The smallest absolute Gasteiger partial charge is 0.311 e. The third-order valence-corrected chi connectivity index (χ3v) is 5.10. The molecule has 0 aromatic heterocycles. The standard InChI is InChI=1S/C23H21Cl2NO3/c1-15(12-21(24)25)22(16-10-11-16)23(27)29-20(14-26)17-6-5-9-19(13-17)28-18-7-3-2-4-8-18/h2-9,12-13,15-16,20,22H,10-11H2,1H3. The molecule has 0 amide bonds. The van der Waals surface area contributed by atoms with Crippen molar-refractivity contribution in [2.45, 2.75) is 25.9 Å². The number of benzene rings is 2. The topological polar surface area (TPSA) is 59.3 Å². The van der Waals surface area contributed by atoms with Gasteiger partial charge in [0.25, 0.3) is 0 Å². The predicted molar refractivity (Wildman–Crippen MR) is 113 cm³/mol. The number of carbonyl (C=O) groups excluding carboxylic acids is 1. The summed E-state index contributed by atoms with van der Waals surface area (Å²) in [5.74, 6) is 0.519. The summed E-state index contributed by atoms with van der Waals surface area (Å²) in [4.78, 5) is 12.8. The molecule has 0 N–H and O–H groups in total. The number of nitriles is 1. The number of hydrogen-bond acceptors (Lipinski definition) is 4. The second-order valence-corrected chi connectivity index (χ2v) is 8.12. The van der Waals surface area contributed by atoms with Crippen molar-refractivity contribution in [3.05, 3.63) is 70.7 Å². The van der Waals surface area contributed by atoms with Crippen LogP contribution in [0, 0.1) is 29.1 Å². The molecule has 150 valence electrons. The highest BCUT2D eigenvalue weighted by atomic mass is 35.5. The SMILES string of the molecule is CC(C=C(Cl)Cl)C(C(=O)OC(C#N)c1cccc(Oc2ccccc2)c1)C1CC1. The zero-order valence-corrected chi connectivity index (χ0v) is 17.4. The molecule has 0 bridgehead atoms. The van der Waals surface area contributed by atoms with Crippen LogP contribution in [0.3, 0.4) is 0 Å². The monoisotopic (exact) mass is 429 g/mol. The van der Waals surface area contributed by atoms with Crippen LogP contribution < -0.4 is 4.74 Å². The number of esters is 1. The molecule has 0 spiro atoms. The largest absolute Gasteiger partial charge is 0.457 e. The van der Waals surface area contributed by atoms with E-state index in [1.807, 2.05) is 37.3 Å². The van der Waals surface area contributed by atoms with E-state index in [0.29, 0.717) is 17.1 Å². The maximum absolute atomic E-state index is 12.8. The second kappa shape index (κ2) is 9.82. The molecule has 4 nitrogen and oxygen atoms in total. The molecule has 2 aromatic rings. The molecule has 1 aliphatic carbocycles. The van der Waals surface area contributed by atoms with Gasteiger partial charge in [0, 0.05) is 5.56 Å². The molecule has 3 unspecified atom stereocenters. The quantitative estimate of drug-likeness (QED) is 0.445. The Labute approximate surface area is 180 Å². The Morgan fingerprint density at radius 3 is 2.45 bits per heavy atom. The van der Waals surface area contributed by atoms with Crippen molar-refractivity contribution in [2.24, 2.45) is 17.8 Å². The Kier molecular flexibility index (Phi) is 7.19. The lowest BCUT2D eigenvalue weighted by Gasteiger charge is -2.22. The van der Waals surface area contributed by atoms with E-state index in [9.17, 15) is 10.1 Å². The van der Waals surface area contributed by atoms with Crippen LogP contribution in [0.25, 0.3) is 0 Å². The fourth-order valence-electron chi connectivity index (χ4n) is 3.32. The van der Waals surface area contributed by atoms with Crippen LogP contribution in [0.5, 0.6) is 11.5 Å². The Morgan fingerprint density at radius 2 is 1.83 bits per heavy atom. The molecule has 1 saturated carbocycles. The van der Waals surface area contributed by atoms with Gasteiger partial charge < -0.3 is 9.47 Å². The van der Waals surface area contributed by atoms with Crippen LogP contribution in [0.1, 0.15) is 31.4 Å². The number of hydrogen-bond donors (Lipinski definition) is 0. The van der Waals surface area contributed by atoms with Crippen molar-refractivity contribution in [1.82, 2.24) is 0 Å². The molecular formula is C23H21Cl2NO3. The van der Waals surface area contributed by atoms with Gasteiger partial charge in [0.1, 0.15) is 22.1 Å². The highest BCUT2D eigenvalue weighted by Gasteiger charge is 2.41. The molecule has 29 heavy (non-hydrogen) atoms. The lowest BCUT2D eigenvalue weighted by atomic mass is 9.89. The van der Waals surface area contributed by atoms with Gasteiger partial charge in [-0.1, -0.05) is 66.5 Å². The van der Waals surface area contributed by atoms with Gasteiger partial charge in [-0.2, -0.15) is 5.26 Å². The Hall–Kier alpha value is -2.48. The Bertz CT molecular complexity index is 915.